The highest BCUT2D eigenvalue weighted by Crippen LogP contribution is 2.74. The highest BCUT2D eigenvalue weighted by atomic mass is 16.6. The van der Waals surface area contributed by atoms with Gasteiger partial charge >= 0.3 is 11.9 Å². The van der Waals surface area contributed by atoms with Crippen LogP contribution in [-0.2, 0) is 19.0 Å². The third-order valence-corrected chi connectivity index (χ3v) is 16.3. The van der Waals surface area contributed by atoms with E-state index >= 15 is 0 Å². The second-order valence-electron chi connectivity index (χ2n) is 18.8. The van der Waals surface area contributed by atoms with Gasteiger partial charge in [-0.05, 0) is 87.8 Å². The number of rotatable bonds is 7. The van der Waals surface area contributed by atoms with Gasteiger partial charge in [-0.1, -0.05) is 27.7 Å². The molecule has 0 amide bonds. The molecule has 4 bridgehead atoms. The first-order valence-electron chi connectivity index (χ1n) is 20.5. The summed E-state index contributed by atoms with van der Waals surface area (Å²) in [5.74, 6) is -3.75. The quantitative estimate of drug-likeness (QED) is 0.255. The standard InChI is InChI=1S/C42H61NO12/c1-8-22(3)36(46)55-35-33(45)32-24(19-43-18-21(2)9-12-30(43)39(32,5)48)25-17-41-34(42(25,35)50)26(44)16-29-38(41,4)14-13-31(40(29,49)20-53-41)54-37(47)23-10-11-27(51-6)28(15-23)52-7/h10-11,15,21-22,24-26,29-35,44-45,48-50H,8-9,12-14,16-20H2,1-7H3/t21-,22?,24-,25-,26+,29-,30-,31-,32+,33+,34+,35-,38-,39+,40-,41+,42-/m0/s1. The van der Waals surface area contributed by atoms with Gasteiger partial charge in [0.2, 0.25) is 0 Å². The first-order valence-corrected chi connectivity index (χ1v) is 20.5. The van der Waals surface area contributed by atoms with Crippen molar-refractivity contribution < 1.29 is 58.8 Å². The molecule has 1 spiro atoms. The van der Waals surface area contributed by atoms with E-state index in [9.17, 15) is 35.1 Å². The number of nitrogens with zero attached hydrogens (tertiary/aromatic N) is 1. The fourth-order valence-corrected chi connectivity index (χ4v) is 13.5. The summed E-state index contributed by atoms with van der Waals surface area (Å²) in [6.07, 6.45) is -1.68. The van der Waals surface area contributed by atoms with E-state index in [1.165, 1.54) is 20.3 Å². The van der Waals surface area contributed by atoms with E-state index in [0.717, 1.165) is 19.4 Å². The second kappa shape index (κ2) is 13.3. The lowest BCUT2D eigenvalue weighted by Crippen LogP contribution is -2.80. The van der Waals surface area contributed by atoms with Gasteiger partial charge in [-0.15, -0.1) is 0 Å². The van der Waals surface area contributed by atoms with Crippen molar-refractivity contribution in [3.63, 3.8) is 0 Å². The van der Waals surface area contributed by atoms with Gasteiger partial charge in [-0.25, -0.2) is 4.79 Å². The van der Waals surface area contributed by atoms with Crippen LogP contribution in [0.1, 0.15) is 89.9 Å². The van der Waals surface area contributed by atoms with Crippen LogP contribution in [0.25, 0.3) is 0 Å². The van der Waals surface area contributed by atoms with Crippen molar-refractivity contribution in [2.75, 3.05) is 33.9 Å². The van der Waals surface area contributed by atoms with Crippen molar-refractivity contribution in [1.82, 2.24) is 4.90 Å². The smallest absolute Gasteiger partial charge is 0.338 e. The van der Waals surface area contributed by atoms with Crippen LogP contribution in [0.15, 0.2) is 18.2 Å². The summed E-state index contributed by atoms with van der Waals surface area (Å²) in [4.78, 5) is 29.5. The Bertz CT molecular complexity index is 1690. The molecule has 4 aliphatic carbocycles. The van der Waals surface area contributed by atoms with Crippen LogP contribution < -0.4 is 9.47 Å². The fourth-order valence-electron chi connectivity index (χ4n) is 13.5. The van der Waals surface area contributed by atoms with Gasteiger partial charge in [-0.2, -0.15) is 0 Å². The lowest BCUT2D eigenvalue weighted by atomic mass is 9.43. The van der Waals surface area contributed by atoms with Crippen LogP contribution in [0.4, 0.5) is 0 Å². The fraction of sp³-hybridized carbons (Fsp3) is 0.810. The molecule has 0 radical (unpaired) electrons. The van der Waals surface area contributed by atoms with Gasteiger partial charge in [0.15, 0.2) is 17.6 Å². The van der Waals surface area contributed by atoms with E-state index in [1.807, 2.05) is 13.8 Å². The minimum absolute atomic E-state index is 0.0713. The number of esters is 2. The van der Waals surface area contributed by atoms with Gasteiger partial charge < -0.3 is 49.2 Å². The first-order chi connectivity index (χ1) is 25.9. The third kappa shape index (κ3) is 5.28. The van der Waals surface area contributed by atoms with Crippen molar-refractivity contribution >= 4 is 11.9 Å². The predicted octanol–water partition coefficient (Wildman–Crippen LogP) is 2.71. The summed E-state index contributed by atoms with van der Waals surface area (Å²) in [6, 6.07) is 4.51. The zero-order valence-electron chi connectivity index (χ0n) is 33.3. The maximum atomic E-state index is 13.6. The van der Waals surface area contributed by atoms with Crippen molar-refractivity contribution in [3.8, 4) is 11.5 Å². The Hall–Kier alpha value is -2.52. The maximum absolute atomic E-state index is 13.6. The SMILES string of the molecule is CCC(C)C(=O)O[C@H]1[C@H](O)[C@H]2[C@@H](CN3C[C@@H](C)CC[C@H]3[C@@]2(C)O)[C@@H]2C[C@]34OC[C@@]5(O)[C@@H](OC(=O)c6ccc(OC)c(OC)c6)CC[C@@]3(C)[C@@H]5C[C@@H](O)[C@H]4[C@@]21O. The van der Waals surface area contributed by atoms with Crippen LogP contribution in [-0.4, -0.2) is 129 Å². The number of hydrogen-bond donors (Lipinski definition) is 5. The Balaban J connectivity index is 1.17. The maximum Gasteiger partial charge on any atom is 0.338 e. The Labute approximate surface area is 323 Å². The minimum atomic E-state index is -1.91. The topological polar surface area (TPSA) is 185 Å². The Morgan fingerprint density at radius 1 is 1.02 bits per heavy atom. The molecule has 3 heterocycles. The lowest BCUT2D eigenvalue weighted by molar-refractivity contribution is -0.365. The van der Waals surface area contributed by atoms with Gasteiger partial charge in [0.05, 0.1) is 55.7 Å². The number of carbonyl (C=O) groups excluding carboxylic acids is 2. The summed E-state index contributed by atoms with van der Waals surface area (Å²) < 4.78 is 30.0. The molecule has 1 aromatic rings. The van der Waals surface area contributed by atoms with Crippen molar-refractivity contribution in [1.29, 1.82) is 0 Å². The zero-order valence-corrected chi connectivity index (χ0v) is 33.3. The molecule has 1 aromatic carbocycles. The molecule has 3 aliphatic heterocycles. The van der Waals surface area contributed by atoms with Crippen LogP contribution >= 0.6 is 0 Å². The number of ether oxygens (including phenoxy) is 5. The van der Waals surface area contributed by atoms with Gasteiger partial charge in [0.1, 0.15) is 17.3 Å². The summed E-state index contributed by atoms with van der Waals surface area (Å²) in [5, 5.41) is 63.4. The zero-order chi connectivity index (χ0) is 39.6. The molecular formula is C42H61NO12. The van der Waals surface area contributed by atoms with Gasteiger partial charge in [-0.3, -0.25) is 9.69 Å². The van der Waals surface area contributed by atoms with Crippen LogP contribution in [0, 0.1) is 46.8 Å². The average molecular weight is 772 g/mol. The largest absolute Gasteiger partial charge is 0.493 e. The number of hydrogen-bond acceptors (Lipinski definition) is 13. The molecule has 13 heteroatoms. The predicted molar refractivity (Wildman–Crippen MR) is 197 cm³/mol. The van der Waals surface area contributed by atoms with Crippen molar-refractivity contribution in [3.05, 3.63) is 23.8 Å². The lowest BCUT2D eigenvalue weighted by Gasteiger charge is -2.70. The molecular weight excluding hydrogens is 710 g/mol. The molecule has 4 saturated carbocycles. The molecule has 1 unspecified atom stereocenters. The molecule has 3 saturated heterocycles. The molecule has 13 nitrogen and oxygen atoms in total. The van der Waals surface area contributed by atoms with E-state index in [2.05, 4.69) is 11.8 Å². The van der Waals surface area contributed by atoms with Gasteiger partial charge in [0, 0.05) is 42.3 Å². The number of methoxy groups -OCH3 is 2. The monoisotopic (exact) mass is 771 g/mol. The van der Waals surface area contributed by atoms with E-state index in [1.54, 1.807) is 26.0 Å². The molecule has 17 atom stereocenters. The summed E-state index contributed by atoms with van der Waals surface area (Å²) in [7, 11) is 2.98. The highest BCUT2D eigenvalue weighted by molar-refractivity contribution is 5.90. The van der Waals surface area contributed by atoms with E-state index in [-0.39, 0.29) is 31.1 Å². The van der Waals surface area contributed by atoms with Crippen molar-refractivity contribution in [2.45, 2.75) is 132 Å². The Kier molecular flexibility index (Phi) is 9.47. The van der Waals surface area contributed by atoms with Crippen LogP contribution in [0.3, 0.4) is 0 Å². The first kappa shape index (κ1) is 39.3. The second-order valence-corrected chi connectivity index (χ2v) is 18.8. The molecule has 0 aromatic heterocycles. The van der Waals surface area contributed by atoms with Gasteiger partial charge in [0.25, 0.3) is 0 Å². The molecule has 55 heavy (non-hydrogen) atoms. The summed E-state index contributed by atoms with van der Waals surface area (Å²) >= 11 is 0. The van der Waals surface area contributed by atoms with E-state index in [4.69, 9.17) is 23.7 Å². The van der Waals surface area contributed by atoms with E-state index in [0.29, 0.717) is 43.2 Å². The number of aliphatic hydroxyl groups excluding tert-OH is 2. The van der Waals surface area contributed by atoms with Crippen LogP contribution in [0.2, 0.25) is 0 Å². The Morgan fingerprint density at radius 2 is 1.75 bits per heavy atom. The number of fused-ring (bicyclic) bond motifs is 5. The number of piperidine rings is 2. The molecule has 8 rings (SSSR count). The molecule has 306 valence electrons. The Morgan fingerprint density at radius 3 is 2.44 bits per heavy atom. The number of benzene rings is 1. The van der Waals surface area contributed by atoms with E-state index < -0.39 is 99.7 Å². The average Bonchev–Trinajstić information content (AvgIpc) is 3.43. The normalized spacial score (nSPS) is 49.0. The molecule has 5 N–H and O–H groups in total. The number of carbonyl (C=O) groups is 2. The third-order valence-electron chi connectivity index (χ3n) is 16.3. The van der Waals surface area contributed by atoms with Crippen molar-refractivity contribution in [2.24, 2.45) is 46.8 Å². The summed E-state index contributed by atoms with van der Waals surface area (Å²) in [6.45, 7) is 10.8. The van der Waals surface area contributed by atoms with Crippen LogP contribution in [0.5, 0.6) is 11.5 Å². The molecule has 7 aliphatic rings. The number of aliphatic hydroxyl groups is 5. The summed E-state index contributed by atoms with van der Waals surface area (Å²) in [5.41, 5.74) is -6.68. The highest BCUT2D eigenvalue weighted by Gasteiger charge is 2.84. The minimum Gasteiger partial charge on any atom is -0.493 e. The molecule has 7 fully saturated rings.